The van der Waals surface area contributed by atoms with Crippen molar-refractivity contribution in [3.8, 4) is 0 Å². The Kier molecular flexibility index (Phi) is 5.53. The molecule has 0 aromatic heterocycles. The van der Waals surface area contributed by atoms with E-state index in [1.54, 1.807) is 32.0 Å². The fraction of sp³-hybridized carbons (Fsp3) is 0.308. The number of amides is 2. The summed E-state index contributed by atoms with van der Waals surface area (Å²) in [6.45, 7) is 5.19. The summed E-state index contributed by atoms with van der Waals surface area (Å²) in [6.07, 6.45) is -0.597. The number of ether oxygens (including phenoxy) is 1. The number of anilines is 1. The van der Waals surface area contributed by atoms with E-state index in [9.17, 15) is 9.59 Å². The fourth-order valence-electron chi connectivity index (χ4n) is 1.38. The van der Waals surface area contributed by atoms with E-state index in [-0.39, 0.29) is 5.91 Å². The molecular formula is C13H17N3O3. The van der Waals surface area contributed by atoms with Crippen LogP contribution in [0.3, 0.4) is 0 Å². The molecule has 0 saturated heterocycles. The number of carbonyl (C=O) groups excluding carboxylic acids is 2. The van der Waals surface area contributed by atoms with Crippen LogP contribution in [0.4, 0.5) is 10.5 Å². The third-order valence-corrected chi connectivity index (χ3v) is 2.19. The first-order valence-corrected chi connectivity index (χ1v) is 5.88. The summed E-state index contributed by atoms with van der Waals surface area (Å²) in [7, 11) is 0. The Labute approximate surface area is 111 Å². The van der Waals surface area contributed by atoms with Gasteiger partial charge in [0.05, 0.1) is 12.3 Å². The van der Waals surface area contributed by atoms with Crippen LogP contribution < -0.4 is 10.7 Å². The van der Waals surface area contributed by atoms with Gasteiger partial charge in [0.25, 0.3) is 0 Å². The summed E-state index contributed by atoms with van der Waals surface area (Å²) in [4.78, 5) is 22.1. The molecule has 2 N–H and O–H groups in total. The lowest BCUT2D eigenvalue weighted by atomic mass is 10.1. The van der Waals surface area contributed by atoms with E-state index >= 15 is 0 Å². The topological polar surface area (TPSA) is 79.8 Å². The number of hydrogen-bond donors (Lipinski definition) is 2. The molecule has 0 atom stereocenters. The van der Waals surface area contributed by atoms with Crippen LogP contribution in [-0.2, 0) is 9.53 Å². The normalized spacial score (nSPS) is 10.8. The second-order valence-corrected chi connectivity index (χ2v) is 3.79. The number of nitrogens with zero attached hydrogens (tertiary/aromatic N) is 1. The zero-order valence-corrected chi connectivity index (χ0v) is 11.2. The molecule has 6 nitrogen and oxygen atoms in total. The first-order valence-electron chi connectivity index (χ1n) is 5.88. The second-order valence-electron chi connectivity index (χ2n) is 3.79. The van der Waals surface area contributed by atoms with Crippen molar-refractivity contribution >= 4 is 23.4 Å². The molecule has 0 radical (unpaired) electrons. The van der Waals surface area contributed by atoms with Crippen molar-refractivity contribution in [1.29, 1.82) is 0 Å². The summed E-state index contributed by atoms with van der Waals surface area (Å²) in [5.74, 6) is -0.142. The molecule has 102 valence electrons. The van der Waals surface area contributed by atoms with Crippen molar-refractivity contribution in [1.82, 2.24) is 5.43 Å². The first-order chi connectivity index (χ1) is 9.02. The number of hydrazone groups is 1. The molecule has 0 bridgehead atoms. The van der Waals surface area contributed by atoms with Gasteiger partial charge in [0, 0.05) is 12.6 Å². The molecule has 0 fully saturated rings. The van der Waals surface area contributed by atoms with Gasteiger partial charge in [-0.15, -0.1) is 0 Å². The van der Waals surface area contributed by atoms with Gasteiger partial charge in [-0.2, -0.15) is 5.10 Å². The molecule has 0 heterocycles. The summed E-state index contributed by atoms with van der Waals surface area (Å²) in [6, 6.07) is 7.17. The highest BCUT2D eigenvalue weighted by molar-refractivity contribution is 6.00. The molecule has 0 saturated carbocycles. The maximum atomic E-state index is 11.1. The van der Waals surface area contributed by atoms with Crippen molar-refractivity contribution < 1.29 is 14.3 Å². The third kappa shape index (κ3) is 5.20. The Morgan fingerprint density at radius 2 is 2.05 bits per heavy atom. The number of benzene rings is 1. The van der Waals surface area contributed by atoms with Crippen LogP contribution >= 0.6 is 0 Å². The molecule has 1 rings (SSSR count). The average Bonchev–Trinajstić information content (AvgIpc) is 2.36. The van der Waals surface area contributed by atoms with Crippen molar-refractivity contribution in [3.05, 3.63) is 29.8 Å². The van der Waals surface area contributed by atoms with Crippen molar-refractivity contribution in [3.63, 3.8) is 0 Å². The molecule has 2 amide bonds. The Morgan fingerprint density at radius 3 is 2.68 bits per heavy atom. The zero-order valence-electron chi connectivity index (χ0n) is 11.2. The molecule has 0 aliphatic carbocycles. The van der Waals surface area contributed by atoms with Crippen LogP contribution in [0, 0.1) is 0 Å². The summed E-state index contributed by atoms with van der Waals surface area (Å²) in [5, 5.41) is 6.59. The minimum atomic E-state index is -0.597. The maximum absolute atomic E-state index is 11.1. The van der Waals surface area contributed by atoms with E-state index in [0.29, 0.717) is 18.0 Å². The van der Waals surface area contributed by atoms with Crippen LogP contribution in [0.1, 0.15) is 26.3 Å². The van der Waals surface area contributed by atoms with Gasteiger partial charge >= 0.3 is 6.09 Å². The summed E-state index contributed by atoms with van der Waals surface area (Å²) >= 11 is 0. The molecule has 19 heavy (non-hydrogen) atoms. The average molecular weight is 263 g/mol. The Morgan fingerprint density at radius 1 is 1.32 bits per heavy atom. The molecule has 0 aliphatic heterocycles. The summed E-state index contributed by atoms with van der Waals surface area (Å²) in [5.41, 5.74) is 4.36. The Bertz CT molecular complexity index is 498. The van der Waals surface area contributed by atoms with Crippen molar-refractivity contribution in [2.24, 2.45) is 5.10 Å². The lowest BCUT2D eigenvalue weighted by molar-refractivity contribution is -0.114. The first kappa shape index (κ1) is 14.7. The van der Waals surface area contributed by atoms with Crippen molar-refractivity contribution in [2.75, 3.05) is 11.9 Å². The van der Waals surface area contributed by atoms with Crippen LogP contribution in [-0.4, -0.2) is 24.3 Å². The van der Waals surface area contributed by atoms with Gasteiger partial charge < -0.3 is 10.1 Å². The largest absolute Gasteiger partial charge is 0.449 e. The quantitative estimate of drug-likeness (QED) is 0.645. The zero-order chi connectivity index (χ0) is 14.3. The van der Waals surface area contributed by atoms with E-state index in [1.165, 1.54) is 6.92 Å². The van der Waals surface area contributed by atoms with Gasteiger partial charge in [-0.3, -0.25) is 4.79 Å². The predicted molar refractivity (Wildman–Crippen MR) is 73.1 cm³/mol. The minimum absolute atomic E-state index is 0.142. The number of carbonyl (C=O) groups is 2. The molecular weight excluding hydrogens is 246 g/mol. The number of rotatable bonds is 4. The van der Waals surface area contributed by atoms with E-state index in [2.05, 4.69) is 15.8 Å². The minimum Gasteiger partial charge on any atom is -0.449 e. The third-order valence-electron chi connectivity index (χ3n) is 2.19. The summed E-state index contributed by atoms with van der Waals surface area (Å²) < 4.78 is 4.69. The highest BCUT2D eigenvalue weighted by atomic mass is 16.5. The van der Waals surface area contributed by atoms with Crippen molar-refractivity contribution in [2.45, 2.75) is 20.8 Å². The SMILES string of the molecule is CCOC(=O)N/N=C(\C)c1cccc(NC(C)=O)c1. The number of hydrogen-bond acceptors (Lipinski definition) is 4. The lowest BCUT2D eigenvalue weighted by Gasteiger charge is -2.06. The highest BCUT2D eigenvalue weighted by Crippen LogP contribution is 2.11. The van der Waals surface area contributed by atoms with Gasteiger partial charge in [0.2, 0.25) is 5.91 Å². The molecule has 0 aliphatic rings. The van der Waals surface area contributed by atoms with Gasteiger partial charge in [0.1, 0.15) is 0 Å². The van der Waals surface area contributed by atoms with Crippen LogP contribution in [0.2, 0.25) is 0 Å². The Balaban J connectivity index is 2.75. The van der Waals surface area contributed by atoms with Crippen LogP contribution in [0.25, 0.3) is 0 Å². The Hall–Kier alpha value is -2.37. The number of nitrogens with one attached hydrogen (secondary N) is 2. The predicted octanol–water partition coefficient (Wildman–Crippen LogP) is 2.12. The van der Waals surface area contributed by atoms with Crippen LogP contribution in [0.15, 0.2) is 29.4 Å². The maximum Gasteiger partial charge on any atom is 0.427 e. The van der Waals surface area contributed by atoms with E-state index in [4.69, 9.17) is 4.74 Å². The van der Waals surface area contributed by atoms with Crippen LogP contribution in [0.5, 0.6) is 0 Å². The standard InChI is InChI=1S/C13H17N3O3/c1-4-19-13(18)16-15-9(2)11-6-5-7-12(8-11)14-10(3)17/h5-8H,4H2,1-3H3,(H,14,17)(H,16,18)/b15-9+. The molecule has 0 unspecified atom stereocenters. The second kappa shape index (κ2) is 7.15. The van der Waals surface area contributed by atoms with E-state index in [1.807, 2.05) is 6.07 Å². The van der Waals surface area contributed by atoms with Gasteiger partial charge in [-0.1, -0.05) is 12.1 Å². The van der Waals surface area contributed by atoms with Gasteiger partial charge in [0.15, 0.2) is 0 Å². The fourth-order valence-corrected chi connectivity index (χ4v) is 1.38. The van der Waals surface area contributed by atoms with E-state index < -0.39 is 6.09 Å². The highest BCUT2D eigenvalue weighted by Gasteiger charge is 2.02. The molecule has 1 aromatic carbocycles. The molecule has 1 aromatic rings. The van der Waals surface area contributed by atoms with E-state index in [0.717, 1.165) is 5.56 Å². The van der Waals surface area contributed by atoms with Gasteiger partial charge in [-0.25, -0.2) is 10.2 Å². The molecule has 6 heteroatoms. The molecule has 0 spiro atoms. The monoisotopic (exact) mass is 263 g/mol. The smallest absolute Gasteiger partial charge is 0.427 e. The lowest BCUT2D eigenvalue weighted by Crippen LogP contribution is -2.20. The van der Waals surface area contributed by atoms with Gasteiger partial charge in [-0.05, 0) is 31.5 Å².